The lowest BCUT2D eigenvalue weighted by molar-refractivity contribution is -0.137. The van der Waals surface area contributed by atoms with Gasteiger partial charge in [-0.3, -0.25) is 4.79 Å². The Morgan fingerprint density at radius 2 is 2.14 bits per heavy atom. The van der Waals surface area contributed by atoms with Gasteiger partial charge in [-0.1, -0.05) is 25.3 Å². The number of thiophene rings is 1. The molecule has 22 heavy (non-hydrogen) atoms. The smallest absolute Gasteiger partial charge is 0.225 e. The van der Waals surface area contributed by atoms with Crippen LogP contribution in [0, 0.1) is 5.92 Å². The van der Waals surface area contributed by atoms with Crippen molar-refractivity contribution in [3.8, 4) is 0 Å². The number of nitrogens with zero attached hydrogens (tertiary/aromatic N) is 1. The van der Waals surface area contributed by atoms with Gasteiger partial charge < -0.3 is 9.32 Å². The van der Waals surface area contributed by atoms with E-state index in [1.807, 2.05) is 11.0 Å². The van der Waals surface area contributed by atoms with Gasteiger partial charge in [-0.2, -0.15) is 0 Å². The number of carbonyl (C=O) groups is 1. The molecule has 2 aromatic heterocycles. The van der Waals surface area contributed by atoms with Gasteiger partial charge in [-0.25, -0.2) is 0 Å². The third-order valence-electron chi connectivity index (χ3n) is 4.43. The molecule has 2 heterocycles. The van der Waals surface area contributed by atoms with Crippen LogP contribution < -0.4 is 0 Å². The number of furan rings is 1. The van der Waals surface area contributed by atoms with Crippen molar-refractivity contribution >= 4 is 17.2 Å². The van der Waals surface area contributed by atoms with Crippen molar-refractivity contribution < 1.29 is 9.21 Å². The molecule has 0 aliphatic heterocycles. The van der Waals surface area contributed by atoms with E-state index in [1.54, 1.807) is 23.9 Å². The zero-order valence-electron chi connectivity index (χ0n) is 12.9. The first-order valence-electron chi connectivity index (χ1n) is 8.15. The lowest BCUT2D eigenvalue weighted by atomic mass is 9.88. The molecule has 1 aliphatic rings. The normalized spacial score (nSPS) is 15.8. The van der Waals surface area contributed by atoms with Gasteiger partial charge in [-0.05, 0) is 36.8 Å². The van der Waals surface area contributed by atoms with E-state index in [9.17, 15) is 4.79 Å². The highest BCUT2D eigenvalue weighted by Crippen LogP contribution is 2.26. The fourth-order valence-corrected chi connectivity index (χ4v) is 3.88. The number of rotatable bonds is 6. The molecule has 0 aromatic carbocycles. The average molecular weight is 317 g/mol. The van der Waals surface area contributed by atoms with Crippen LogP contribution in [0.1, 0.15) is 42.5 Å². The van der Waals surface area contributed by atoms with Crippen LogP contribution in [-0.4, -0.2) is 17.4 Å². The van der Waals surface area contributed by atoms with E-state index in [2.05, 4.69) is 17.5 Å². The highest BCUT2D eigenvalue weighted by atomic mass is 32.1. The zero-order valence-corrected chi connectivity index (χ0v) is 13.7. The third kappa shape index (κ3) is 4.01. The number of hydrogen-bond acceptors (Lipinski definition) is 3. The van der Waals surface area contributed by atoms with E-state index in [4.69, 9.17) is 4.42 Å². The van der Waals surface area contributed by atoms with Crippen molar-refractivity contribution in [1.29, 1.82) is 0 Å². The average Bonchev–Trinajstić information content (AvgIpc) is 3.25. The van der Waals surface area contributed by atoms with Gasteiger partial charge >= 0.3 is 0 Å². The van der Waals surface area contributed by atoms with Gasteiger partial charge in [0.05, 0.1) is 12.5 Å². The van der Waals surface area contributed by atoms with Crippen molar-refractivity contribution in [3.05, 3.63) is 46.5 Å². The largest absolute Gasteiger partial charge is 0.472 e. The summed E-state index contributed by atoms with van der Waals surface area (Å²) in [6, 6.07) is 6.17. The molecule has 1 amide bonds. The highest BCUT2D eigenvalue weighted by molar-refractivity contribution is 7.09. The first kappa shape index (κ1) is 15.3. The van der Waals surface area contributed by atoms with Crippen molar-refractivity contribution in [1.82, 2.24) is 4.90 Å². The van der Waals surface area contributed by atoms with E-state index >= 15 is 0 Å². The first-order chi connectivity index (χ1) is 10.8. The van der Waals surface area contributed by atoms with Crippen LogP contribution in [-0.2, 0) is 17.8 Å². The highest BCUT2D eigenvalue weighted by Gasteiger charge is 2.26. The summed E-state index contributed by atoms with van der Waals surface area (Å²) >= 11 is 1.76. The maximum atomic E-state index is 12.9. The molecule has 1 aliphatic carbocycles. The van der Waals surface area contributed by atoms with E-state index in [1.165, 1.54) is 24.1 Å². The summed E-state index contributed by atoms with van der Waals surface area (Å²) in [5.41, 5.74) is 1.08. The molecule has 0 spiro atoms. The Balaban J connectivity index is 1.65. The standard InChI is InChI=1S/C18H23NO2S/c20-18(16-5-2-1-3-6-16)19(13-15-9-11-21-14-15)10-8-17-7-4-12-22-17/h4,7,9,11-12,14,16H,1-3,5-6,8,10,13H2. The summed E-state index contributed by atoms with van der Waals surface area (Å²) in [5, 5.41) is 2.10. The van der Waals surface area contributed by atoms with Crippen LogP contribution in [0.3, 0.4) is 0 Å². The molecule has 0 unspecified atom stereocenters. The van der Waals surface area contributed by atoms with Crippen molar-refractivity contribution in [2.45, 2.75) is 45.1 Å². The van der Waals surface area contributed by atoms with Crippen LogP contribution in [0.2, 0.25) is 0 Å². The van der Waals surface area contributed by atoms with Crippen LogP contribution in [0.25, 0.3) is 0 Å². The molecule has 2 aromatic rings. The molecule has 3 rings (SSSR count). The number of hydrogen-bond donors (Lipinski definition) is 0. The molecule has 0 radical (unpaired) electrons. The van der Waals surface area contributed by atoms with Crippen LogP contribution in [0.5, 0.6) is 0 Å². The molecule has 1 saturated carbocycles. The minimum absolute atomic E-state index is 0.226. The van der Waals surface area contributed by atoms with Gasteiger partial charge in [-0.15, -0.1) is 11.3 Å². The Labute approximate surface area is 135 Å². The van der Waals surface area contributed by atoms with Crippen molar-refractivity contribution in [2.24, 2.45) is 5.92 Å². The molecule has 0 atom stereocenters. The second-order valence-corrected chi connectivity index (χ2v) is 7.09. The molecule has 118 valence electrons. The fraction of sp³-hybridized carbons (Fsp3) is 0.500. The Bertz CT molecular complexity index is 556. The summed E-state index contributed by atoms with van der Waals surface area (Å²) in [4.78, 5) is 16.3. The minimum Gasteiger partial charge on any atom is -0.472 e. The summed E-state index contributed by atoms with van der Waals surface area (Å²) in [6.07, 6.45) is 10.1. The number of carbonyl (C=O) groups excluding carboxylic acids is 1. The lowest BCUT2D eigenvalue weighted by Gasteiger charge is -2.29. The van der Waals surface area contributed by atoms with Crippen molar-refractivity contribution in [2.75, 3.05) is 6.54 Å². The van der Waals surface area contributed by atoms with E-state index in [-0.39, 0.29) is 5.92 Å². The van der Waals surface area contributed by atoms with Gasteiger partial charge in [0.25, 0.3) is 0 Å². The van der Waals surface area contributed by atoms with Crippen LogP contribution >= 0.6 is 11.3 Å². The maximum absolute atomic E-state index is 12.9. The fourth-order valence-electron chi connectivity index (χ4n) is 3.18. The minimum atomic E-state index is 0.226. The van der Waals surface area contributed by atoms with E-state index in [0.29, 0.717) is 12.5 Å². The summed E-state index contributed by atoms with van der Waals surface area (Å²) in [6.45, 7) is 1.46. The Morgan fingerprint density at radius 1 is 1.27 bits per heavy atom. The summed E-state index contributed by atoms with van der Waals surface area (Å²) in [5.74, 6) is 0.557. The van der Waals surface area contributed by atoms with Crippen molar-refractivity contribution in [3.63, 3.8) is 0 Å². The van der Waals surface area contributed by atoms with Gasteiger partial charge in [0.2, 0.25) is 5.91 Å². The summed E-state index contributed by atoms with van der Waals surface area (Å²) in [7, 11) is 0. The Hall–Kier alpha value is -1.55. The predicted octanol–water partition coefficient (Wildman–Crippen LogP) is 4.49. The van der Waals surface area contributed by atoms with Gasteiger partial charge in [0.1, 0.15) is 0 Å². The van der Waals surface area contributed by atoms with Crippen LogP contribution in [0.4, 0.5) is 0 Å². The molecule has 3 nitrogen and oxygen atoms in total. The quantitative estimate of drug-likeness (QED) is 0.786. The second-order valence-electron chi connectivity index (χ2n) is 6.06. The SMILES string of the molecule is O=C(C1CCCCC1)N(CCc1cccs1)Cc1ccoc1. The molecular formula is C18H23NO2S. The zero-order chi connectivity index (χ0) is 15.2. The third-order valence-corrected chi connectivity index (χ3v) is 5.36. The lowest BCUT2D eigenvalue weighted by Crippen LogP contribution is -2.37. The molecular weight excluding hydrogens is 294 g/mol. The van der Waals surface area contributed by atoms with E-state index in [0.717, 1.165) is 31.4 Å². The van der Waals surface area contributed by atoms with Gasteiger partial charge in [0.15, 0.2) is 0 Å². The first-order valence-corrected chi connectivity index (χ1v) is 9.03. The Morgan fingerprint density at radius 3 is 2.82 bits per heavy atom. The molecule has 0 saturated heterocycles. The maximum Gasteiger partial charge on any atom is 0.225 e. The summed E-state index contributed by atoms with van der Waals surface area (Å²) < 4.78 is 5.16. The molecule has 1 fully saturated rings. The number of amides is 1. The predicted molar refractivity (Wildman–Crippen MR) is 88.7 cm³/mol. The molecule has 0 N–H and O–H groups in total. The van der Waals surface area contributed by atoms with Gasteiger partial charge in [0, 0.05) is 29.4 Å². The topological polar surface area (TPSA) is 33.5 Å². The monoisotopic (exact) mass is 317 g/mol. The second kappa shape index (κ2) is 7.63. The molecule has 4 heteroatoms. The van der Waals surface area contributed by atoms with E-state index < -0.39 is 0 Å². The van der Waals surface area contributed by atoms with Crippen LogP contribution in [0.15, 0.2) is 40.5 Å². The Kier molecular flexibility index (Phi) is 5.33. The molecule has 0 bridgehead atoms.